The molecule has 2 rings (SSSR count). The normalized spacial score (nSPS) is 10.5. The first-order valence-corrected chi connectivity index (χ1v) is 6.10. The third kappa shape index (κ3) is 2.44. The number of carbonyl (C=O) groups is 1. The number of nitrogens with zero attached hydrogens (tertiary/aromatic N) is 1. The van der Waals surface area contributed by atoms with Crippen molar-refractivity contribution in [3.05, 3.63) is 42.0 Å². The summed E-state index contributed by atoms with van der Waals surface area (Å²) in [5.41, 5.74) is 1.89. The fraction of sp³-hybridized carbons (Fsp3) is 0.214. The maximum atomic E-state index is 11.5. The van der Waals surface area contributed by atoms with Gasteiger partial charge in [0, 0.05) is 25.3 Å². The number of hydrogen-bond donors (Lipinski definition) is 1. The summed E-state index contributed by atoms with van der Waals surface area (Å²) in [6.45, 7) is 0. The van der Waals surface area contributed by atoms with E-state index in [0.717, 1.165) is 22.0 Å². The monoisotopic (exact) mass is 245 g/mol. The van der Waals surface area contributed by atoms with Crippen LogP contribution in [0.25, 0.3) is 10.8 Å². The number of thiol groups is 1. The molecule has 0 aliphatic heterocycles. The number of fused-ring (bicyclic) bond motifs is 1. The van der Waals surface area contributed by atoms with Crippen molar-refractivity contribution < 1.29 is 4.79 Å². The Balaban J connectivity index is 2.50. The Morgan fingerprint density at radius 2 is 1.76 bits per heavy atom. The molecule has 0 saturated heterocycles. The van der Waals surface area contributed by atoms with Crippen LogP contribution in [0.5, 0.6) is 0 Å². The summed E-state index contributed by atoms with van der Waals surface area (Å²) in [4.78, 5) is 13.6. The molecule has 0 radical (unpaired) electrons. The van der Waals surface area contributed by atoms with Gasteiger partial charge in [0.2, 0.25) is 0 Å². The predicted octanol–water partition coefficient (Wildman–Crippen LogP) is 3.02. The molecule has 0 fully saturated rings. The summed E-state index contributed by atoms with van der Waals surface area (Å²) in [6.07, 6.45) is 0. The van der Waals surface area contributed by atoms with Crippen LogP contribution in [0.3, 0.4) is 0 Å². The van der Waals surface area contributed by atoms with E-state index in [1.165, 1.54) is 0 Å². The summed E-state index contributed by atoms with van der Waals surface area (Å²) in [5.74, 6) is 0.313. The van der Waals surface area contributed by atoms with Gasteiger partial charge in [-0.1, -0.05) is 18.2 Å². The van der Waals surface area contributed by atoms with Crippen LogP contribution in [0, 0.1) is 0 Å². The van der Waals surface area contributed by atoms with Gasteiger partial charge in [0.25, 0.3) is 0 Å². The molecule has 0 aliphatic rings. The van der Waals surface area contributed by atoms with E-state index >= 15 is 0 Å². The lowest BCUT2D eigenvalue weighted by atomic mass is 10.0. The average molecular weight is 245 g/mol. The molecular weight excluding hydrogens is 230 g/mol. The molecule has 0 aromatic heterocycles. The van der Waals surface area contributed by atoms with Gasteiger partial charge in [0.05, 0.1) is 5.75 Å². The van der Waals surface area contributed by atoms with Crippen LogP contribution in [0.2, 0.25) is 0 Å². The minimum atomic E-state index is 0.0620. The van der Waals surface area contributed by atoms with E-state index in [4.69, 9.17) is 0 Å². The fourth-order valence-corrected chi connectivity index (χ4v) is 1.96. The van der Waals surface area contributed by atoms with Crippen LogP contribution in [-0.2, 0) is 0 Å². The van der Waals surface area contributed by atoms with E-state index in [1.54, 1.807) is 0 Å². The first-order chi connectivity index (χ1) is 8.11. The van der Waals surface area contributed by atoms with E-state index in [1.807, 2.05) is 38.4 Å². The molecule has 0 saturated carbocycles. The van der Waals surface area contributed by atoms with E-state index in [9.17, 15) is 4.79 Å². The van der Waals surface area contributed by atoms with Crippen molar-refractivity contribution in [3.8, 4) is 0 Å². The van der Waals surface area contributed by atoms with Crippen LogP contribution < -0.4 is 4.90 Å². The second-order valence-electron chi connectivity index (χ2n) is 4.22. The van der Waals surface area contributed by atoms with Crippen LogP contribution in [0.15, 0.2) is 36.4 Å². The number of anilines is 1. The number of Topliss-reactive ketones (excluding diaryl/α,β-unsaturated/α-hetero) is 1. The molecule has 17 heavy (non-hydrogen) atoms. The third-order valence-electron chi connectivity index (χ3n) is 2.81. The minimum absolute atomic E-state index is 0.0620. The van der Waals surface area contributed by atoms with Crippen molar-refractivity contribution >= 4 is 34.9 Å². The standard InChI is InChI=1S/C14H15NOS/c1-15(2)13-6-5-10-7-12(14(16)9-17)4-3-11(10)8-13/h3-8,17H,9H2,1-2H3. The SMILES string of the molecule is CN(C)c1ccc2cc(C(=O)CS)ccc2c1. The number of hydrogen-bond acceptors (Lipinski definition) is 3. The topological polar surface area (TPSA) is 20.3 Å². The van der Waals surface area contributed by atoms with Gasteiger partial charge in [-0.3, -0.25) is 4.79 Å². The lowest BCUT2D eigenvalue weighted by Gasteiger charge is -2.13. The molecule has 0 amide bonds. The highest BCUT2D eigenvalue weighted by Crippen LogP contribution is 2.22. The fourth-order valence-electron chi connectivity index (χ4n) is 1.78. The number of carbonyl (C=O) groups excluding carboxylic acids is 1. The molecule has 0 unspecified atom stereocenters. The minimum Gasteiger partial charge on any atom is -0.378 e. The Kier molecular flexibility index (Phi) is 3.38. The van der Waals surface area contributed by atoms with Crippen molar-refractivity contribution in [2.24, 2.45) is 0 Å². The molecule has 2 aromatic carbocycles. The largest absolute Gasteiger partial charge is 0.378 e. The van der Waals surface area contributed by atoms with Crippen molar-refractivity contribution in [1.29, 1.82) is 0 Å². The molecule has 0 heterocycles. The van der Waals surface area contributed by atoms with Crippen molar-refractivity contribution in [1.82, 2.24) is 0 Å². The molecule has 0 atom stereocenters. The van der Waals surface area contributed by atoms with E-state index in [-0.39, 0.29) is 11.5 Å². The van der Waals surface area contributed by atoms with Crippen molar-refractivity contribution in [3.63, 3.8) is 0 Å². The average Bonchev–Trinajstić information content (AvgIpc) is 2.36. The maximum absolute atomic E-state index is 11.5. The number of benzene rings is 2. The highest BCUT2D eigenvalue weighted by Gasteiger charge is 2.05. The molecule has 0 spiro atoms. The van der Waals surface area contributed by atoms with Crippen LogP contribution in [0.1, 0.15) is 10.4 Å². The van der Waals surface area contributed by atoms with Gasteiger partial charge >= 0.3 is 0 Å². The van der Waals surface area contributed by atoms with Gasteiger partial charge in [-0.2, -0.15) is 12.6 Å². The van der Waals surface area contributed by atoms with E-state index in [0.29, 0.717) is 0 Å². The van der Waals surface area contributed by atoms with E-state index < -0.39 is 0 Å². The summed E-state index contributed by atoms with van der Waals surface area (Å²) >= 11 is 4.01. The lowest BCUT2D eigenvalue weighted by molar-refractivity contribution is 0.102. The van der Waals surface area contributed by atoms with Gasteiger partial charge in [-0.15, -0.1) is 0 Å². The Bertz CT molecular complexity index is 563. The summed E-state index contributed by atoms with van der Waals surface area (Å²) in [6, 6.07) is 12.0. The molecule has 0 N–H and O–H groups in total. The Morgan fingerprint density at radius 3 is 2.41 bits per heavy atom. The second kappa shape index (κ2) is 4.80. The highest BCUT2D eigenvalue weighted by molar-refractivity contribution is 7.81. The van der Waals surface area contributed by atoms with E-state index in [2.05, 4.69) is 29.7 Å². The number of ketones is 1. The van der Waals surface area contributed by atoms with Gasteiger partial charge in [-0.25, -0.2) is 0 Å². The number of rotatable bonds is 3. The van der Waals surface area contributed by atoms with Crippen LogP contribution in [0.4, 0.5) is 5.69 Å². The first kappa shape index (κ1) is 12.0. The van der Waals surface area contributed by atoms with Gasteiger partial charge in [0.1, 0.15) is 0 Å². The molecule has 88 valence electrons. The van der Waals surface area contributed by atoms with Gasteiger partial charge < -0.3 is 4.90 Å². The van der Waals surface area contributed by atoms with Crippen LogP contribution >= 0.6 is 12.6 Å². The summed E-state index contributed by atoms with van der Waals surface area (Å²) < 4.78 is 0. The molecule has 2 aromatic rings. The van der Waals surface area contributed by atoms with Crippen molar-refractivity contribution in [2.45, 2.75) is 0 Å². The maximum Gasteiger partial charge on any atom is 0.172 e. The second-order valence-corrected chi connectivity index (χ2v) is 4.54. The molecule has 0 bridgehead atoms. The van der Waals surface area contributed by atoms with Crippen LogP contribution in [-0.4, -0.2) is 25.6 Å². The zero-order valence-corrected chi connectivity index (χ0v) is 10.9. The Labute approximate surface area is 107 Å². The summed E-state index contributed by atoms with van der Waals surface area (Å²) in [5, 5.41) is 2.23. The Morgan fingerprint density at radius 1 is 1.12 bits per heavy atom. The van der Waals surface area contributed by atoms with Gasteiger partial charge in [0.15, 0.2) is 5.78 Å². The first-order valence-electron chi connectivity index (χ1n) is 5.47. The zero-order chi connectivity index (χ0) is 12.4. The smallest absolute Gasteiger partial charge is 0.172 e. The molecular formula is C14H15NOS. The zero-order valence-electron chi connectivity index (χ0n) is 9.97. The highest BCUT2D eigenvalue weighted by atomic mass is 32.1. The quantitative estimate of drug-likeness (QED) is 0.662. The molecule has 2 nitrogen and oxygen atoms in total. The van der Waals surface area contributed by atoms with Gasteiger partial charge in [-0.05, 0) is 29.0 Å². The van der Waals surface area contributed by atoms with Crippen molar-refractivity contribution in [2.75, 3.05) is 24.7 Å². The summed E-state index contributed by atoms with van der Waals surface area (Å²) in [7, 11) is 4.03. The molecule has 0 aliphatic carbocycles. The predicted molar refractivity (Wildman–Crippen MR) is 76.5 cm³/mol. The third-order valence-corrected chi connectivity index (χ3v) is 3.09. The molecule has 3 heteroatoms. The Hall–Kier alpha value is -1.48. The lowest BCUT2D eigenvalue weighted by Crippen LogP contribution is -2.08.